The summed E-state index contributed by atoms with van der Waals surface area (Å²) in [5, 5.41) is 34.7. The zero-order chi connectivity index (χ0) is 86.3. The van der Waals surface area contributed by atoms with Crippen molar-refractivity contribution in [2.45, 2.75) is 13.5 Å². The first-order valence-electron chi connectivity index (χ1n) is 36.4. The molecule has 122 heavy (non-hydrogen) atoms. The summed E-state index contributed by atoms with van der Waals surface area (Å²) in [6.45, 7) is 1.98. The highest BCUT2D eigenvalue weighted by Gasteiger charge is 2.28. The molecule has 10 N–H and O–H groups in total. The Morgan fingerprint density at radius 3 is 1.02 bits per heavy atom. The molecule has 0 unspecified atom stereocenters. The third-order valence-corrected chi connectivity index (χ3v) is 19.3. The number of aryl methyl sites for hydroxylation is 4. The molecule has 0 radical (unpaired) electrons. The fourth-order valence-electron chi connectivity index (χ4n) is 12.6. The number of nitrogens with one attached hydrogen (secondary N) is 1. The molecular formula is C83H66Cl4N26O9. The minimum absolute atomic E-state index is 0.0265. The van der Waals surface area contributed by atoms with Gasteiger partial charge in [-0.3, -0.25) is 48.4 Å². The van der Waals surface area contributed by atoms with Crippen LogP contribution in [-0.4, -0.2) is 160 Å². The maximum atomic E-state index is 13.1. The molecule has 0 aliphatic rings. The second kappa shape index (κ2) is 35.8. The average Bonchev–Trinajstić information content (AvgIpc) is 1.06. The fourth-order valence-corrected chi connectivity index (χ4v) is 13.7. The number of hydrogen-bond acceptors (Lipinski definition) is 29. The molecule has 1 amide bonds. The van der Waals surface area contributed by atoms with E-state index in [1.165, 1.54) is 20.4 Å². The molecule has 0 aliphatic heterocycles. The van der Waals surface area contributed by atoms with Gasteiger partial charge in [-0.2, -0.15) is 20.4 Å². The van der Waals surface area contributed by atoms with E-state index in [1.807, 2.05) is 60.7 Å². The standard InChI is InChI=1S/C26H21ClN8O3.C20H17ClN6O2.C19H15ClN6O2.C18H13ClN6O2/c1-35-9-7-19(34-35)22-21(16-10-14-4-3-8-29-20(14)18(27)11-16)32-23(24(28)33-22)25(36)31-13-17-6-5-15(12-30-17)26(37)38-2;1-3-29-20(28)18-19(22)25-17(14-6-8-27(2)26-14)16(24-18)12-9-11-5-4-7-23-15(11)13(21)10-12;1-26-7-5-13(25-26)16-15(23-17(18(21)24-16)19(27)28-2)11-8-10-4-3-6-22-14(10)12(20)9-11;1-25-6-4-12(24-25)15-14(22-16(18(26)27)17(20)23-15)10-7-9-3-2-5-21-13(9)11(19)8-10/h3-12H,13H2,1-2H3,(H2,28,33)(H,31,36);4-10H,3H2,1-2H3,(H2,22,25);3-9H,1-2H3,(H2,21,24);2-8H,1H3,(H2,20,23)(H,26,27). The first-order valence-corrected chi connectivity index (χ1v) is 37.9. The van der Waals surface area contributed by atoms with Crippen molar-refractivity contribution in [1.29, 1.82) is 0 Å². The fraction of sp³-hybridized carbons (Fsp3) is 0.108. The quantitative estimate of drug-likeness (QED) is 0.0386. The van der Waals surface area contributed by atoms with Crippen molar-refractivity contribution in [3.63, 3.8) is 0 Å². The van der Waals surface area contributed by atoms with Gasteiger partial charge in [-0.25, -0.2) is 59.0 Å². The van der Waals surface area contributed by atoms with Gasteiger partial charge in [-0.05, 0) is 116 Å². The number of nitrogens with two attached hydrogens (primary N) is 4. The van der Waals surface area contributed by atoms with E-state index in [0.29, 0.717) is 144 Å². The van der Waals surface area contributed by atoms with Crippen LogP contribution >= 0.6 is 46.4 Å². The van der Waals surface area contributed by atoms with Gasteiger partial charge in [0.1, 0.15) is 45.6 Å². The molecule has 17 rings (SSSR count). The minimum Gasteiger partial charge on any atom is -0.476 e. The number of aromatic carboxylic acids is 1. The van der Waals surface area contributed by atoms with Crippen molar-refractivity contribution in [2.75, 3.05) is 43.8 Å². The number of ether oxygens (including phenoxy) is 3. The Hall–Kier alpha value is -15.5. The van der Waals surface area contributed by atoms with E-state index in [1.54, 1.807) is 176 Å². The summed E-state index contributed by atoms with van der Waals surface area (Å²) in [5.74, 6) is -3.92. The number of halogens is 4. The number of aromatic nitrogens is 21. The summed E-state index contributed by atoms with van der Waals surface area (Å²) in [6, 6.07) is 39.4. The number of amides is 1. The molecule has 4 aromatic carbocycles. The zero-order valence-electron chi connectivity index (χ0n) is 65.2. The molecule has 35 nitrogen and oxygen atoms in total. The number of benzene rings is 4. The molecule has 0 bridgehead atoms. The van der Waals surface area contributed by atoms with E-state index < -0.39 is 29.8 Å². The lowest BCUT2D eigenvalue weighted by molar-refractivity contribution is 0.0518. The van der Waals surface area contributed by atoms with Crippen molar-refractivity contribution >= 4 is 143 Å². The summed E-state index contributed by atoms with van der Waals surface area (Å²) in [4.78, 5) is 117. The van der Waals surface area contributed by atoms with Crippen molar-refractivity contribution in [3.8, 4) is 90.6 Å². The summed E-state index contributed by atoms with van der Waals surface area (Å²) in [5.41, 5.74) is 34.9. The Labute approximate surface area is 710 Å². The molecule has 0 fully saturated rings. The predicted octanol–water partition coefficient (Wildman–Crippen LogP) is 13.1. The normalized spacial score (nSPS) is 11.0. The maximum absolute atomic E-state index is 13.1. The molecule has 39 heteroatoms. The number of esters is 3. The van der Waals surface area contributed by atoms with Gasteiger partial charge in [-0.1, -0.05) is 70.7 Å². The van der Waals surface area contributed by atoms with Gasteiger partial charge < -0.3 is 47.6 Å². The number of nitrogens with zero attached hydrogens (tertiary/aromatic N) is 21. The smallest absolute Gasteiger partial charge is 0.360 e. The summed E-state index contributed by atoms with van der Waals surface area (Å²) in [7, 11) is 9.69. The van der Waals surface area contributed by atoms with Crippen LogP contribution in [0.2, 0.25) is 20.1 Å². The highest BCUT2D eigenvalue weighted by Crippen LogP contribution is 2.40. The zero-order valence-corrected chi connectivity index (χ0v) is 68.3. The molecule has 610 valence electrons. The van der Waals surface area contributed by atoms with E-state index in [0.717, 1.165) is 21.5 Å². The molecule has 13 aromatic heterocycles. The number of methoxy groups -OCH3 is 2. The number of hydrogen-bond donors (Lipinski definition) is 6. The van der Waals surface area contributed by atoms with Gasteiger partial charge in [0.15, 0.2) is 46.0 Å². The van der Waals surface area contributed by atoms with Crippen molar-refractivity contribution in [3.05, 3.63) is 243 Å². The first kappa shape index (κ1) is 83.0. The van der Waals surface area contributed by atoms with Gasteiger partial charge in [0.05, 0.1) is 104 Å². The van der Waals surface area contributed by atoms with E-state index in [2.05, 4.69) is 95.2 Å². The number of carboxylic acids is 1. The molecule has 0 saturated carbocycles. The Morgan fingerprint density at radius 2 is 0.713 bits per heavy atom. The highest BCUT2D eigenvalue weighted by atomic mass is 35.5. The Bertz CT molecular complexity index is 6980. The lowest BCUT2D eigenvalue weighted by Crippen LogP contribution is -2.26. The monoisotopic (exact) mass is 1710 g/mol. The van der Waals surface area contributed by atoms with Crippen LogP contribution in [0.25, 0.3) is 134 Å². The minimum atomic E-state index is -1.26. The van der Waals surface area contributed by atoms with E-state index in [9.17, 15) is 29.1 Å². The summed E-state index contributed by atoms with van der Waals surface area (Å²) < 4.78 is 21.0. The van der Waals surface area contributed by atoms with Crippen LogP contribution in [0.4, 0.5) is 23.3 Å². The Morgan fingerprint density at radius 1 is 0.393 bits per heavy atom. The predicted molar refractivity (Wildman–Crippen MR) is 459 cm³/mol. The molecule has 0 spiro atoms. The van der Waals surface area contributed by atoms with Crippen LogP contribution in [0, 0.1) is 0 Å². The number of nitrogen functional groups attached to an aromatic ring is 4. The van der Waals surface area contributed by atoms with Gasteiger partial charge in [0.2, 0.25) is 0 Å². The summed E-state index contributed by atoms with van der Waals surface area (Å²) >= 11 is 25.8. The third-order valence-electron chi connectivity index (χ3n) is 18.2. The number of carboxylic acid groups (broad SMARTS) is 1. The van der Waals surface area contributed by atoms with Gasteiger partial charge in [-0.15, -0.1) is 0 Å². The van der Waals surface area contributed by atoms with Gasteiger partial charge in [0, 0.05) is 128 Å². The number of carbonyl (C=O) groups is 5. The van der Waals surface area contributed by atoms with Crippen molar-refractivity contribution in [1.82, 2.24) is 109 Å². The third kappa shape index (κ3) is 17.9. The number of fused-ring (bicyclic) bond motifs is 4. The topological polar surface area (TPSA) is 488 Å². The van der Waals surface area contributed by atoms with Crippen LogP contribution in [0.15, 0.2) is 189 Å². The lowest BCUT2D eigenvalue weighted by atomic mass is 10.0. The van der Waals surface area contributed by atoms with Crippen LogP contribution in [-0.2, 0) is 48.9 Å². The number of anilines is 4. The first-order chi connectivity index (χ1) is 58.7. The number of rotatable bonds is 16. The van der Waals surface area contributed by atoms with Crippen LogP contribution in [0.5, 0.6) is 0 Å². The second-order valence-corrected chi connectivity index (χ2v) is 28.1. The Balaban J connectivity index is 0.000000134. The van der Waals surface area contributed by atoms with E-state index >= 15 is 0 Å². The molecule has 0 aliphatic carbocycles. The van der Waals surface area contributed by atoms with Crippen LogP contribution in [0.3, 0.4) is 0 Å². The highest BCUT2D eigenvalue weighted by molar-refractivity contribution is 6.37. The van der Waals surface area contributed by atoms with E-state index in [4.69, 9.17) is 78.8 Å². The van der Waals surface area contributed by atoms with Crippen LogP contribution < -0.4 is 28.3 Å². The second-order valence-electron chi connectivity index (χ2n) is 26.5. The SMILES string of the molecule is CCOC(=O)c1nc(-c2cc(Cl)c3ncccc3c2)c(-c2ccn(C)n2)nc1N.COC(=O)c1ccc(CNC(=O)c2nc(-c3cc(Cl)c4ncccc4c3)c(-c3ccn(C)n3)nc2N)nc1.COC(=O)c1nc(-c2cc(Cl)c3ncccc3c2)c(-c2ccn(C)n2)nc1N.Cn1ccc(-c2nc(N)c(C(=O)O)nc2-c2cc(Cl)c3ncccc3c2)n1. The van der Waals surface area contributed by atoms with Gasteiger partial charge in [0.25, 0.3) is 5.91 Å². The van der Waals surface area contributed by atoms with Crippen molar-refractivity contribution < 1.29 is 43.3 Å². The summed E-state index contributed by atoms with van der Waals surface area (Å²) in [6.07, 6.45) is 15.1. The van der Waals surface area contributed by atoms with Gasteiger partial charge >= 0.3 is 23.9 Å². The molecule has 13 heterocycles. The number of carbonyl (C=O) groups excluding carboxylic acids is 4. The number of pyridine rings is 5. The molecule has 17 aromatic rings. The van der Waals surface area contributed by atoms with Crippen molar-refractivity contribution in [2.24, 2.45) is 28.2 Å². The Kier molecular flexibility index (Phi) is 24.4. The molecular weight excluding hydrogens is 1650 g/mol. The maximum Gasteiger partial charge on any atom is 0.360 e. The average molecular weight is 1710 g/mol. The molecule has 0 saturated heterocycles. The van der Waals surface area contributed by atoms with Crippen LogP contribution in [0.1, 0.15) is 64.9 Å². The van der Waals surface area contributed by atoms with E-state index in [-0.39, 0.29) is 59.2 Å². The lowest BCUT2D eigenvalue weighted by Gasteiger charge is -2.13. The largest absolute Gasteiger partial charge is 0.476 e. The molecule has 0 atom stereocenters.